The number of carbonyl (C=O) groups is 1. The summed E-state index contributed by atoms with van der Waals surface area (Å²) >= 11 is 5.58. The normalized spacial score (nSPS) is 10.7. The van der Waals surface area contributed by atoms with Crippen molar-refractivity contribution in [2.45, 2.75) is 20.4 Å². The fourth-order valence-corrected chi connectivity index (χ4v) is 1.47. The molecule has 1 amide bonds. The molecular formula is C13H18ClFN2O. The Morgan fingerprint density at radius 3 is 2.78 bits per heavy atom. The number of rotatable bonds is 6. The summed E-state index contributed by atoms with van der Waals surface area (Å²) in [4.78, 5) is 11.4. The Kier molecular flexibility index (Phi) is 6.09. The van der Waals surface area contributed by atoms with Crippen LogP contribution in [-0.2, 0) is 11.3 Å². The molecule has 0 aliphatic rings. The first kappa shape index (κ1) is 14.9. The van der Waals surface area contributed by atoms with Gasteiger partial charge in [0, 0.05) is 13.1 Å². The van der Waals surface area contributed by atoms with Crippen molar-refractivity contribution in [3.05, 3.63) is 34.6 Å². The van der Waals surface area contributed by atoms with Gasteiger partial charge in [-0.05, 0) is 23.6 Å². The molecule has 100 valence electrons. The number of hydrogen-bond acceptors (Lipinski definition) is 2. The summed E-state index contributed by atoms with van der Waals surface area (Å²) in [5, 5.41) is 5.85. The summed E-state index contributed by atoms with van der Waals surface area (Å²) in [6.07, 6.45) is 0. The van der Waals surface area contributed by atoms with Crippen LogP contribution in [-0.4, -0.2) is 19.0 Å². The minimum absolute atomic E-state index is 0.0573. The summed E-state index contributed by atoms with van der Waals surface area (Å²) in [6, 6.07) is 4.60. The third kappa shape index (κ3) is 5.47. The van der Waals surface area contributed by atoms with E-state index in [2.05, 4.69) is 10.6 Å². The fraction of sp³-hybridized carbons (Fsp3) is 0.462. The molecule has 0 aliphatic carbocycles. The number of halogens is 2. The molecule has 0 saturated carbocycles. The Morgan fingerprint density at radius 2 is 2.17 bits per heavy atom. The van der Waals surface area contributed by atoms with Crippen LogP contribution in [0.2, 0.25) is 5.02 Å². The second-order valence-corrected chi connectivity index (χ2v) is 4.96. The predicted molar refractivity (Wildman–Crippen MR) is 71.0 cm³/mol. The Balaban J connectivity index is 2.28. The Bertz CT molecular complexity index is 410. The van der Waals surface area contributed by atoms with Crippen LogP contribution in [0.25, 0.3) is 0 Å². The predicted octanol–water partition coefficient (Wildman–Crippen LogP) is 2.34. The van der Waals surface area contributed by atoms with Crippen LogP contribution in [0.3, 0.4) is 0 Å². The molecule has 0 bridgehead atoms. The second-order valence-electron chi connectivity index (χ2n) is 4.55. The van der Waals surface area contributed by atoms with Gasteiger partial charge < -0.3 is 10.6 Å². The highest BCUT2D eigenvalue weighted by Crippen LogP contribution is 2.15. The van der Waals surface area contributed by atoms with E-state index in [4.69, 9.17) is 11.6 Å². The second kappa shape index (κ2) is 7.34. The molecule has 1 aromatic rings. The molecule has 0 aromatic heterocycles. The molecule has 0 radical (unpaired) electrons. The lowest BCUT2D eigenvalue weighted by Gasteiger charge is -2.08. The van der Waals surface area contributed by atoms with E-state index >= 15 is 0 Å². The van der Waals surface area contributed by atoms with E-state index in [1.54, 1.807) is 6.07 Å². The Hall–Kier alpha value is -1.13. The highest BCUT2D eigenvalue weighted by Gasteiger charge is 2.03. The average molecular weight is 273 g/mol. The molecule has 0 spiro atoms. The van der Waals surface area contributed by atoms with Crippen LogP contribution in [0.4, 0.5) is 4.39 Å². The van der Waals surface area contributed by atoms with Crippen molar-refractivity contribution in [2.24, 2.45) is 5.92 Å². The molecule has 0 fully saturated rings. The first-order valence-corrected chi connectivity index (χ1v) is 6.28. The molecular weight excluding hydrogens is 255 g/mol. The van der Waals surface area contributed by atoms with Gasteiger partial charge in [0.15, 0.2) is 0 Å². The molecule has 5 heteroatoms. The van der Waals surface area contributed by atoms with Crippen molar-refractivity contribution in [3.8, 4) is 0 Å². The lowest BCUT2D eigenvalue weighted by atomic mass is 10.2. The lowest BCUT2D eigenvalue weighted by molar-refractivity contribution is -0.120. The van der Waals surface area contributed by atoms with Crippen LogP contribution in [0, 0.1) is 11.7 Å². The first-order valence-electron chi connectivity index (χ1n) is 5.90. The summed E-state index contributed by atoms with van der Waals surface area (Å²) in [5.74, 6) is -0.0716. The molecule has 0 unspecified atom stereocenters. The summed E-state index contributed by atoms with van der Waals surface area (Å²) < 4.78 is 13.1. The summed E-state index contributed by atoms with van der Waals surface area (Å²) in [7, 11) is 0. The third-order valence-electron chi connectivity index (χ3n) is 2.31. The SMILES string of the molecule is CC(C)CNC(=O)CNCc1ccc(Cl)c(F)c1. The smallest absolute Gasteiger partial charge is 0.233 e. The zero-order valence-corrected chi connectivity index (χ0v) is 11.4. The Morgan fingerprint density at radius 1 is 1.44 bits per heavy atom. The average Bonchev–Trinajstić information content (AvgIpc) is 2.31. The minimum atomic E-state index is -0.444. The van der Waals surface area contributed by atoms with Crippen molar-refractivity contribution in [1.82, 2.24) is 10.6 Å². The van der Waals surface area contributed by atoms with E-state index in [9.17, 15) is 9.18 Å². The van der Waals surface area contributed by atoms with Crippen molar-refractivity contribution < 1.29 is 9.18 Å². The van der Waals surface area contributed by atoms with Gasteiger partial charge in [-0.15, -0.1) is 0 Å². The molecule has 1 aromatic carbocycles. The van der Waals surface area contributed by atoms with Gasteiger partial charge in [0.25, 0.3) is 0 Å². The number of hydrogen-bond donors (Lipinski definition) is 2. The number of carbonyl (C=O) groups excluding carboxylic acids is 1. The maximum absolute atomic E-state index is 13.1. The van der Waals surface area contributed by atoms with Crippen LogP contribution < -0.4 is 10.6 Å². The van der Waals surface area contributed by atoms with E-state index in [1.807, 2.05) is 13.8 Å². The topological polar surface area (TPSA) is 41.1 Å². The first-order chi connectivity index (χ1) is 8.49. The van der Waals surface area contributed by atoms with Gasteiger partial charge >= 0.3 is 0 Å². The van der Waals surface area contributed by atoms with Gasteiger partial charge in [-0.1, -0.05) is 31.5 Å². The maximum Gasteiger partial charge on any atom is 0.233 e. The van der Waals surface area contributed by atoms with Crippen LogP contribution in [0.15, 0.2) is 18.2 Å². The zero-order chi connectivity index (χ0) is 13.5. The van der Waals surface area contributed by atoms with Crippen molar-refractivity contribution in [1.29, 1.82) is 0 Å². The summed E-state index contributed by atoms with van der Waals surface area (Å²) in [6.45, 7) is 5.38. The molecule has 18 heavy (non-hydrogen) atoms. The van der Waals surface area contributed by atoms with Crippen LogP contribution in [0.5, 0.6) is 0 Å². The molecule has 0 atom stereocenters. The largest absolute Gasteiger partial charge is 0.355 e. The van der Waals surface area contributed by atoms with Gasteiger partial charge in [-0.25, -0.2) is 4.39 Å². The molecule has 0 saturated heterocycles. The number of amides is 1. The van der Waals surface area contributed by atoms with E-state index in [1.165, 1.54) is 12.1 Å². The van der Waals surface area contributed by atoms with Gasteiger partial charge in [0.2, 0.25) is 5.91 Å². The van der Waals surface area contributed by atoms with E-state index in [-0.39, 0.29) is 17.5 Å². The highest BCUT2D eigenvalue weighted by atomic mass is 35.5. The third-order valence-corrected chi connectivity index (χ3v) is 2.61. The molecule has 3 nitrogen and oxygen atoms in total. The van der Waals surface area contributed by atoms with Crippen molar-refractivity contribution in [2.75, 3.05) is 13.1 Å². The zero-order valence-electron chi connectivity index (χ0n) is 10.6. The maximum atomic E-state index is 13.1. The van der Waals surface area contributed by atoms with E-state index in [0.29, 0.717) is 19.0 Å². The minimum Gasteiger partial charge on any atom is -0.355 e. The highest BCUT2D eigenvalue weighted by molar-refractivity contribution is 6.30. The van der Waals surface area contributed by atoms with Crippen molar-refractivity contribution in [3.63, 3.8) is 0 Å². The van der Waals surface area contributed by atoms with Crippen LogP contribution >= 0.6 is 11.6 Å². The van der Waals surface area contributed by atoms with E-state index < -0.39 is 5.82 Å². The monoisotopic (exact) mass is 272 g/mol. The van der Waals surface area contributed by atoms with Gasteiger partial charge in [0.1, 0.15) is 5.82 Å². The van der Waals surface area contributed by atoms with E-state index in [0.717, 1.165) is 5.56 Å². The lowest BCUT2D eigenvalue weighted by Crippen LogP contribution is -2.35. The van der Waals surface area contributed by atoms with Gasteiger partial charge in [-0.2, -0.15) is 0 Å². The molecule has 2 N–H and O–H groups in total. The van der Waals surface area contributed by atoms with Gasteiger partial charge in [-0.3, -0.25) is 4.79 Å². The van der Waals surface area contributed by atoms with Gasteiger partial charge in [0.05, 0.1) is 11.6 Å². The Labute approximate surface area is 112 Å². The number of nitrogens with one attached hydrogen (secondary N) is 2. The standard InChI is InChI=1S/C13H18ClFN2O/c1-9(2)6-17-13(18)8-16-7-10-3-4-11(14)12(15)5-10/h3-5,9,16H,6-8H2,1-2H3,(H,17,18). The quantitative estimate of drug-likeness (QED) is 0.835. The number of benzene rings is 1. The van der Waals surface area contributed by atoms with Crippen LogP contribution in [0.1, 0.15) is 19.4 Å². The fourth-order valence-electron chi connectivity index (χ4n) is 1.35. The molecule has 1 rings (SSSR count). The molecule has 0 heterocycles. The molecule has 0 aliphatic heterocycles. The van der Waals surface area contributed by atoms with Crippen molar-refractivity contribution >= 4 is 17.5 Å². The summed E-state index contributed by atoms with van der Waals surface area (Å²) in [5.41, 5.74) is 0.758.